The van der Waals surface area contributed by atoms with E-state index < -0.39 is 5.82 Å². The summed E-state index contributed by atoms with van der Waals surface area (Å²) in [4.78, 5) is 4.76. The van der Waals surface area contributed by atoms with Gasteiger partial charge in [-0.3, -0.25) is 4.99 Å². The number of benzene rings is 1. The highest BCUT2D eigenvalue weighted by atomic mass is 35.5. The summed E-state index contributed by atoms with van der Waals surface area (Å²) in [7, 11) is 0. The molecule has 1 spiro atoms. The topological polar surface area (TPSA) is 33.6 Å². The molecular formula is C13H13Cl2FN2OS. The first-order valence-corrected chi connectivity index (χ1v) is 8.04. The molecule has 7 heteroatoms. The van der Waals surface area contributed by atoms with Gasteiger partial charge in [0.25, 0.3) is 0 Å². The first kappa shape index (κ1) is 14.4. The molecule has 0 unspecified atom stereocenters. The number of halogens is 3. The monoisotopic (exact) mass is 334 g/mol. The lowest BCUT2D eigenvalue weighted by atomic mass is 9.93. The molecule has 0 aliphatic carbocycles. The number of aliphatic imine (C=N–C) groups is 1. The third kappa shape index (κ3) is 2.91. The highest BCUT2D eigenvalue weighted by Gasteiger charge is 2.37. The zero-order valence-corrected chi connectivity index (χ0v) is 12.9. The van der Waals surface area contributed by atoms with Crippen LogP contribution >= 0.6 is 35.0 Å². The van der Waals surface area contributed by atoms with Crippen LogP contribution in [0.3, 0.4) is 0 Å². The molecule has 0 aromatic heterocycles. The van der Waals surface area contributed by atoms with Crippen LogP contribution in [0, 0.1) is 5.82 Å². The Morgan fingerprint density at radius 3 is 2.55 bits per heavy atom. The van der Waals surface area contributed by atoms with Gasteiger partial charge in [0.2, 0.25) is 0 Å². The number of thioether (sulfide) groups is 1. The molecule has 2 aliphatic heterocycles. The summed E-state index contributed by atoms with van der Waals surface area (Å²) in [5.41, 5.74) is 0.467. The van der Waals surface area contributed by atoms with Gasteiger partial charge in [0.15, 0.2) is 5.17 Å². The summed E-state index contributed by atoms with van der Waals surface area (Å²) in [6.07, 6.45) is 1.85. The van der Waals surface area contributed by atoms with Crippen LogP contribution in [0.4, 0.5) is 10.1 Å². The molecule has 1 saturated heterocycles. The number of nitrogens with one attached hydrogen (secondary N) is 1. The van der Waals surface area contributed by atoms with Crippen molar-refractivity contribution >= 4 is 45.8 Å². The Labute approximate surface area is 130 Å². The Kier molecular flexibility index (Phi) is 4.13. The van der Waals surface area contributed by atoms with Gasteiger partial charge < -0.3 is 10.1 Å². The van der Waals surface area contributed by atoms with Crippen LogP contribution in [0.5, 0.6) is 0 Å². The van der Waals surface area contributed by atoms with E-state index in [1.54, 1.807) is 11.8 Å². The summed E-state index contributed by atoms with van der Waals surface area (Å²) in [6, 6.07) is 2.47. The van der Waals surface area contributed by atoms with Crippen LogP contribution in [0.15, 0.2) is 17.1 Å². The van der Waals surface area contributed by atoms with Gasteiger partial charge in [0, 0.05) is 19.0 Å². The van der Waals surface area contributed by atoms with E-state index in [9.17, 15) is 4.39 Å². The molecule has 0 atom stereocenters. The van der Waals surface area contributed by atoms with E-state index in [-0.39, 0.29) is 15.6 Å². The van der Waals surface area contributed by atoms with Gasteiger partial charge in [-0.1, -0.05) is 35.0 Å². The van der Waals surface area contributed by atoms with E-state index in [1.165, 1.54) is 12.1 Å². The Balaban J connectivity index is 1.80. The molecule has 3 nitrogen and oxygen atoms in total. The first-order valence-electron chi connectivity index (χ1n) is 6.30. The zero-order chi connectivity index (χ0) is 14.2. The van der Waals surface area contributed by atoms with E-state index in [2.05, 4.69) is 5.32 Å². The fourth-order valence-corrected chi connectivity index (χ4v) is 4.07. The summed E-state index contributed by atoms with van der Waals surface area (Å²) in [5, 5.41) is 4.41. The average Bonchev–Trinajstić information content (AvgIpc) is 2.77. The van der Waals surface area contributed by atoms with Crippen molar-refractivity contribution in [3.8, 4) is 0 Å². The lowest BCUT2D eigenvalue weighted by molar-refractivity contribution is 0.0624. The number of hydrogen-bond acceptors (Lipinski definition) is 4. The summed E-state index contributed by atoms with van der Waals surface area (Å²) >= 11 is 13.7. The lowest BCUT2D eigenvalue weighted by Crippen LogP contribution is -2.34. The smallest absolute Gasteiger partial charge is 0.161 e. The van der Waals surface area contributed by atoms with Crippen LogP contribution in [0.1, 0.15) is 12.8 Å². The number of amidine groups is 1. The lowest BCUT2D eigenvalue weighted by Gasteiger charge is -2.29. The van der Waals surface area contributed by atoms with Crippen LogP contribution in [0.2, 0.25) is 10.0 Å². The van der Waals surface area contributed by atoms with E-state index in [1.807, 2.05) is 0 Å². The highest BCUT2D eigenvalue weighted by molar-refractivity contribution is 8.14. The highest BCUT2D eigenvalue weighted by Crippen LogP contribution is 2.38. The van der Waals surface area contributed by atoms with E-state index in [4.69, 9.17) is 32.9 Å². The van der Waals surface area contributed by atoms with E-state index >= 15 is 0 Å². The number of anilines is 1. The van der Waals surface area contributed by atoms with Crippen molar-refractivity contribution in [3.05, 3.63) is 28.0 Å². The Morgan fingerprint density at radius 1 is 1.25 bits per heavy atom. The fraction of sp³-hybridized carbons (Fsp3) is 0.462. The third-order valence-electron chi connectivity index (χ3n) is 3.48. The van der Waals surface area contributed by atoms with Gasteiger partial charge in [-0.25, -0.2) is 4.39 Å². The van der Waals surface area contributed by atoms with Crippen LogP contribution in [0.25, 0.3) is 0 Å². The maximum Gasteiger partial charge on any atom is 0.161 e. The molecule has 0 amide bonds. The molecule has 2 aliphatic rings. The molecule has 0 radical (unpaired) electrons. The minimum Gasteiger partial charge on any atom is -0.381 e. The van der Waals surface area contributed by atoms with E-state index in [0.29, 0.717) is 5.69 Å². The SMILES string of the molecule is Fc1cc(Cl)c(NC2=NC3(CCOCC3)CS2)c(Cl)c1. The van der Waals surface area contributed by atoms with Crippen molar-refractivity contribution in [2.24, 2.45) is 4.99 Å². The third-order valence-corrected chi connectivity index (χ3v) is 5.22. The van der Waals surface area contributed by atoms with Crippen molar-refractivity contribution in [1.82, 2.24) is 0 Å². The molecule has 20 heavy (non-hydrogen) atoms. The maximum absolute atomic E-state index is 13.2. The summed E-state index contributed by atoms with van der Waals surface area (Å²) in [6.45, 7) is 1.49. The van der Waals surface area contributed by atoms with E-state index in [0.717, 1.165) is 37.0 Å². The van der Waals surface area contributed by atoms with Gasteiger partial charge in [0.05, 0.1) is 21.3 Å². The first-order chi connectivity index (χ1) is 9.58. The molecule has 0 bridgehead atoms. The van der Waals surface area contributed by atoms with Gasteiger partial charge >= 0.3 is 0 Å². The number of nitrogens with zero attached hydrogens (tertiary/aromatic N) is 1. The largest absolute Gasteiger partial charge is 0.381 e. The molecule has 108 valence electrons. The van der Waals surface area contributed by atoms with Crippen LogP contribution < -0.4 is 5.32 Å². The molecule has 1 N–H and O–H groups in total. The second-order valence-electron chi connectivity index (χ2n) is 4.91. The molecule has 1 aromatic rings. The second kappa shape index (κ2) is 5.72. The van der Waals surface area contributed by atoms with Crippen LogP contribution in [-0.2, 0) is 4.74 Å². The zero-order valence-electron chi connectivity index (χ0n) is 10.6. The predicted molar refractivity (Wildman–Crippen MR) is 82.7 cm³/mol. The van der Waals surface area contributed by atoms with Crippen molar-refractivity contribution < 1.29 is 9.13 Å². The molecule has 2 heterocycles. The second-order valence-corrected chi connectivity index (χ2v) is 6.69. The standard InChI is InChI=1S/C13H13Cl2FN2OS/c14-9-5-8(16)6-10(15)11(9)17-12-18-13(7-20-12)1-3-19-4-2-13/h5-6H,1-4,7H2,(H,17,18). The fourth-order valence-electron chi connectivity index (χ4n) is 2.32. The normalized spacial score (nSPS) is 21.1. The minimum absolute atomic E-state index is 0.0375. The average molecular weight is 335 g/mol. The molecule has 1 fully saturated rings. The molecule has 1 aromatic carbocycles. The maximum atomic E-state index is 13.2. The van der Waals surface area contributed by atoms with Crippen molar-refractivity contribution in [2.45, 2.75) is 18.4 Å². The van der Waals surface area contributed by atoms with Gasteiger partial charge in [-0.05, 0) is 25.0 Å². The minimum atomic E-state index is -0.451. The van der Waals surface area contributed by atoms with Gasteiger partial charge in [0.1, 0.15) is 5.82 Å². The van der Waals surface area contributed by atoms with Gasteiger partial charge in [-0.15, -0.1) is 0 Å². The number of hydrogen-bond donors (Lipinski definition) is 1. The molecular weight excluding hydrogens is 322 g/mol. The molecule has 3 rings (SSSR count). The van der Waals surface area contributed by atoms with Crippen molar-refractivity contribution in [2.75, 3.05) is 24.3 Å². The molecule has 0 saturated carbocycles. The number of ether oxygens (including phenoxy) is 1. The predicted octanol–water partition coefficient (Wildman–Crippen LogP) is 4.20. The Hall–Kier alpha value is -0.490. The van der Waals surface area contributed by atoms with Gasteiger partial charge in [-0.2, -0.15) is 0 Å². The summed E-state index contributed by atoms with van der Waals surface area (Å²) in [5.74, 6) is 0.474. The van der Waals surface area contributed by atoms with Crippen molar-refractivity contribution in [1.29, 1.82) is 0 Å². The van der Waals surface area contributed by atoms with Crippen LogP contribution in [-0.4, -0.2) is 29.7 Å². The Morgan fingerprint density at radius 2 is 1.90 bits per heavy atom. The quantitative estimate of drug-likeness (QED) is 0.835. The number of rotatable bonds is 1. The summed E-state index contributed by atoms with van der Waals surface area (Å²) < 4.78 is 18.5. The Bertz CT molecular complexity index is 538. The van der Waals surface area contributed by atoms with Crippen molar-refractivity contribution in [3.63, 3.8) is 0 Å².